The number of carbonyl (C=O) groups is 1. The molecule has 0 unspecified atom stereocenters. The van der Waals surface area contributed by atoms with E-state index in [9.17, 15) is 4.79 Å². The summed E-state index contributed by atoms with van der Waals surface area (Å²) >= 11 is 1.31. The molecule has 2 rings (SSSR count). The first-order chi connectivity index (χ1) is 14.0. The number of carbonyl (C=O) groups excluding carboxylic acids is 1. The summed E-state index contributed by atoms with van der Waals surface area (Å²) < 4.78 is 5.38. The third-order valence-electron chi connectivity index (χ3n) is 3.91. The number of benzene rings is 2. The number of thioether (sulfide) groups is 1. The second-order valence-corrected chi connectivity index (χ2v) is 7.90. The van der Waals surface area contributed by atoms with Crippen LogP contribution in [0.4, 0.5) is 5.69 Å². The van der Waals surface area contributed by atoms with Crippen LogP contribution in [0.2, 0.25) is 0 Å². The fraction of sp³-hybridized carbons (Fsp3) is 0.348. The maximum Gasteiger partial charge on any atom is 0.338 e. The molecule has 0 fully saturated rings. The van der Waals surface area contributed by atoms with Crippen molar-refractivity contribution in [2.45, 2.75) is 40.5 Å². The number of rotatable bonds is 8. The Kier molecular flexibility index (Phi) is 9.44. The van der Waals surface area contributed by atoms with Gasteiger partial charge >= 0.3 is 5.97 Å². The van der Waals surface area contributed by atoms with E-state index in [4.69, 9.17) is 9.73 Å². The van der Waals surface area contributed by atoms with Crippen molar-refractivity contribution in [1.29, 1.82) is 0 Å². The summed E-state index contributed by atoms with van der Waals surface area (Å²) in [4.78, 5) is 16.9. The molecule has 0 aromatic heterocycles. The number of hydrogen-bond donors (Lipinski definition) is 1. The van der Waals surface area contributed by atoms with Crippen molar-refractivity contribution < 1.29 is 9.53 Å². The highest BCUT2D eigenvalue weighted by molar-refractivity contribution is 8.13. The number of nitrogens with zero attached hydrogens (tertiary/aromatic N) is 2. The van der Waals surface area contributed by atoms with Crippen LogP contribution in [-0.4, -0.2) is 23.3 Å². The summed E-state index contributed by atoms with van der Waals surface area (Å²) in [6.07, 6.45) is 3.81. The highest BCUT2D eigenvalue weighted by atomic mass is 32.2. The van der Waals surface area contributed by atoms with Gasteiger partial charge in [-0.05, 0) is 60.4 Å². The van der Waals surface area contributed by atoms with Gasteiger partial charge in [-0.1, -0.05) is 57.5 Å². The van der Waals surface area contributed by atoms with E-state index in [1.807, 2.05) is 31.3 Å². The second kappa shape index (κ2) is 12.1. The van der Waals surface area contributed by atoms with E-state index < -0.39 is 0 Å². The fourth-order valence-corrected chi connectivity index (χ4v) is 3.05. The fourth-order valence-electron chi connectivity index (χ4n) is 2.50. The Labute approximate surface area is 177 Å². The van der Waals surface area contributed by atoms with Crippen LogP contribution in [0.1, 0.15) is 48.7 Å². The van der Waals surface area contributed by atoms with Crippen LogP contribution in [-0.2, 0) is 11.2 Å². The van der Waals surface area contributed by atoms with Crippen LogP contribution in [0.15, 0.2) is 58.6 Å². The van der Waals surface area contributed by atoms with Gasteiger partial charge in [-0.3, -0.25) is 5.43 Å². The molecule has 1 N–H and O–H groups in total. The van der Waals surface area contributed by atoms with Crippen molar-refractivity contribution >= 4 is 34.8 Å². The molecule has 0 radical (unpaired) electrons. The molecule has 0 aliphatic rings. The van der Waals surface area contributed by atoms with Gasteiger partial charge in [-0.15, -0.1) is 0 Å². The van der Waals surface area contributed by atoms with E-state index in [1.165, 1.54) is 17.3 Å². The van der Waals surface area contributed by atoms with E-state index >= 15 is 0 Å². The molecule has 0 atom stereocenters. The maximum atomic E-state index is 12.1. The topological polar surface area (TPSA) is 63.1 Å². The number of aliphatic imine (C=N–C) groups is 1. The van der Waals surface area contributed by atoms with Crippen molar-refractivity contribution in [2.24, 2.45) is 16.0 Å². The van der Waals surface area contributed by atoms with Crippen LogP contribution in [0.25, 0.3) is 0 Å². The molecule has 0 amide bonds. The van der Waals surface area contributed by atoms with Gasteiger partial charge in [-0.2, -0.15) is 5.10 Å². The molecule has 154 valence electrons. The molecular formula is C23H29N3O2S. The molecule has 2 aromatic rings. The molecule has 2 aromatic carbocycles. The van der Waals surface area contributed by atoms with Gasteiger partial charge in [0.15, 0.2) is 5.17 Å². The highest BCUT2D eigenvalue weighted by Crippen LogP contribution is 2.24. The Balaban J connectivity index is 2.13. The Morgan fingerprint density at radius 3 is 2.66 bits per heavy atom. The third-order valence-corrected chi connectivity index (χ3v) is 4.60. The normalized spacial score (nSPS) is 11.8. The SMILES string of the molecule is CCCc1ccc(C)cc1N=C(N/N=C/C(C)C)SCOC(=O)c1ccccc1. The zero-order chi connectivity index (χ0) is 21.1. The van der Waals surface area contributed by atoms with E-state index in [0.29, 0.717) is 16.6 Å². The lowest BCUT2D eigenvalue weighted by molar-refractivity contribution is 0.0580. The van der Waals surface area contributed by atoms with Gasteiger partial charge in [0.2, 0.25) is 0 Å². The number of ether oxygens (including phenoxy) is 1. The third kappa shape index (κ3) is 8.11. The van der Waals surface area contributed by atoms with Gasteiger partial charge in [0.25, 0.3) is 0 Å². The average molecular weight is 412 g/mol. The summed E-state index contributed by atoms with van der Waals surface area (Å²) in [6.45, 7) is 8.30. The van der Waals surface area contributed by atoms with E-state index in [0.717, 1.165) is 24.1 Å². The number of esters is 1. The molecule has 0 aliphatic carbocycles. The highest BCUT2D eigenvalue weighted by Gasteiger charge is 2.09. The smallest absolute Gasteiger partial charge is 0.338 e. The lowest BCUT2D eigenvalue weighted by Gasteiger charge is -2.10. The summed E-state index contributed by atoms with van der Waals surface area (Å²) in [6, 6.07) is 15.2. The predicted octanol–water partition coefficient (Wildman–Crippen LogP) is 5.71. The standard InChI is InChI=1S/C23H29N3O2S/c1-5-9-19-13-12-18(4)14-21(19)25-23(26-24-15-17(2)3)29-16-28-22(27)20-10-7-6-8-11-20/h6-8,10-15,17H,5,9,16H2,1-4H3,(H,25,26)/b24-15+. The van der Waals surface area contributed by atoms with Crippen LogP contribution in [0.5, 0.6) is 0 Å². The second-order valence-electron chi connectivity index (χ2n) is 6.99. The zero-order valence-corrected chi connectivity index (χ0v) is 18.3. The predicted molar refractivity (Wildman–Crippen MR) is 123 cm³/mol. The van der Waals surface area contributed by atoms with Crippen molar-refractivity contribution in [3.8, 4) is 0 Å². The van der Waals surface area contributed by atoms with E-state index in [1.54, 1.807) is 12.1 Å². The van der Waals surface area contributed by atoms with Crippen LogP contribution < -0.4 is 5.43 Å². The monoisotopic (exact) mass is 411 g/mol. The Hall–Kier alpha value is -2.60. The first-order valence-electron chi connectivity index (χ1n) is 9.82. The molecule has 0 bridgehead atoms. The van der Waals surface area contributed by atoms with Gasteiger partial charge in [0, 0.05) is 6.21 Å². The molecule has 5 nitrogen and oxygen atoms in total. The maximum absolute atomic E-state index is 12.1. The molecule has 29 heavy (non-hydrogen) atoms. The van der Waals surface area contributed by atoms with Gasteiger partial charge in [-0.25, -0.2) is 9.79 Å². The minimum absolute atomic E-state index is 0.145. The first-order valence-corrected chi connectivity index (χ1v) is 10.8. The number of nitrogens with one attached hydrogen (secondary N) is 1. The lowest BCUT2D eigenvalue weighted by atomic mass is 10.1. The number of aryl methyl sites for hydroxylation is 2. The number of amidine groups is 1. The van der Waals surface area contributed by atoms with Crippen molar-refractivity contribution in [3.63, 3.8) is 0 Å². The minimum Gasteiger partial charge on any atom is -0.451 e. The molecule has 0 aliphatic heterocycles. The summed E-state index contributed by atoms with van der Waals surface area (Å²) in [5.41, 5.74) is 6.77. The number of hydrazone groups is 1. The van der Waals surface area contributed by atoms with Crippen molar-refractivity contribution in [1.82, 2.24) is 5.43 Å². The van der Waals surface area contributed by atoms with Crippen LogP contribution in [0, 0.1) is 12.8 Å². The minimum atomic E-state index is -0.356. The Morgan fingerprint density at radius 2 is 1.97 bits per heavy atom. The molecule has 6 heteroatoms. The van der Waals surface area contributed by atoms with Crippen molar-refractivity contribution in [2.75, 3.05) is 5.94 Å². The Morgan fingerprint density at radius 1 is 1.21 bits per heavy atom. The molecule has 0 heterocycles. The summed E-state index contributed by atoms with van der Waals surface area (Å²) in [5.74, 6) is 0.107. The quantitative estimate of drug-likeness (QED) is 0.199. The van der Waals surface area contributed by atoms with E-state index in [-0.39, 0.29) is 11.9 Å². The zero-order valence-electron chi connectivity index (χ0n) is 17.5. The Bertz CT molecular complexity index is 848. The average Bonchev–Trinajstić information content (AvgIpc) is 2.70. The van der Waals surface area contributed by atoms with Crippen LogP contribution >= 0.6 is 11.8 Å². The molecular weight excluding hydrogens is 382 g/mol. The largest absolute Gasteiger partial charge is 0.451 e. The van der Waals surface area contributed by atoms with E-state index in [2.05, 4.69) is 49.5 Å². The first kappa shape index (κ1) is 22.7. The van der Waals surface area contributed by atoms with Gasteiger partial charge < -0.3 is 4.74 Å². The summed E-state index contributed by atoms with van der Waals surface area (Å²) in [7, 11) is 0. The number of hydrogen-bond acceptors (Lipinski definition) is 5. The molecule has 0 saturated heterocycles. The van der Waals surface area contributed by atoms with Gasteiger partial charge in [0.1, 0.15) is 5.94 Å². The molecule has 0 saturated carbocycles. The lowest BCUT2D eigenvalue weighted by Crippen LogP contribution is -2.16. The van der Waals surface area contributed by atoms with Crippen LogP contribution in [0.3, 0.4) is 0 Å². The molecule has 0 spiro atoms. The summed E-state index contributed by atoms with van der Waals surface area (Å²) in [5, 5.41) is 4.84. The van der Waals surface area contributed by atoms with Crippen molar-refractivity contribution in [3.05, 3.63) is 65.2 Å². The van der Waals surface area contributed by atoms with Gasteiger partial charge in [0.05, 0.1) is 11.3 Å².